The molecule has 0 aromatic carbocycles. The van der Waals surface area contributed by atoms with Crippen molar-refractivity contribution in [2.75, 3.05) is 17.6 Å². The second-order valence-corrected chi connectivity index (χ2v) is 3.07. The van der Waals surface area contributed by atoms with Crippen molar-refractivity contribution in [2.45, 2.75) is 6.54 Å². The second-order valence-electron chi connectivity index (χ2n) is 3.07. The summed E-state index contributed by atoms with van der Waals surface area (Å²) in [6.45, 7) is 1.58. The van der Waals surface area contributed by atoms with E-state index in [0.717, 1.165) is 13.1 Å². The molecule has 0 saturated heterocycles. The van der Waals surface area contributed by atoms with Crippen LogP contribution < -0.4 is 11.1 Å². The van der Waals surface area contributed by atoms with E-state index in [1.165, 1.54) is 0 Å². The number of aromatic nitrogens is 4. The molecular weight excluding hydrogens is 192 g/mol. The Morgan fingerprint density at radius 2 is 2.13 bits per heavy atom. The highest BCUT2D eigenvalue weighted by molar-refractivity contribution is 5.35. The summed E-state index contributed by atoms with van der Waals surface area (Å²) in [4.78, 5) is 12.0. The van der Waals surface area contributed by atoms with Gasteiger partial charge in [-0.2, -0.15) is 0 Å². The molecule has 0 spiro atoms. The van der Waals surface area contributed by atoms with Crippen LogP contribution in [0.25, 0.3) is 0 Å². The van der Waals surface area contributed by atoms with Gasteiger partial charge in [0.2, 0.25) is 5.95 Å². The predicted octanol–water partition coefficient (Wildman–Crippen LogP) is 0.367. The first-order valence-corrected chi connectivity index (χ1v) is 4.62. The van der Waals surface area contributed by atoms with E-state index in [-0.39, 0.29) is 0 Å². The van der Waals surface area contributed by atoms with Crippen LogP contribution in [0.2, 0.25) is 0 Å². The highest BCUT2D eigenvalue weighted by Crippen LogP contribution is 2.00. The van der Waals surface area contributed by atoms with E-state index in [1.807, 2.05) is 10.8 Å². The zero-order valence-corrected chi connectivity index (χ0v) is 8.17. The fourth-order valence-electron chi connectivity index (χ4n) is 1.15. The van der Waals surface area contributed by atoms with E-state index >= 15 is 0 Å². The summed E-state index contributed by atoms with van der Waals surface area (Å²) < 4.78 is 1.98. The standard InChI is InChI=1S/C9H12N6/c10-8-5-13-9(14-6-8)12-2-4-15-3-1-11-7-15/h1,3,5-7H,2,4,10H2,(H,12,13,14). The van der Waals surface area contributed by atoms with Crippen molar-refractivity contribution in [1.82, 2.24) is 19.5 Å². The van der Waals surface area contributed by atoms with Gasteiger partial charge in [0.15, 0.2) is 0 Å². The van der Waals surface area contributed by atoms with Crippen LogP contribution in [0.3, 0.4) is 0 Å². The molecule has 0 atom stereocenters. The lowest BCUT2D eigenvalue weighted by molar-refractivity contribution is 0.723. The van der Waals surface area contributed by atoms with Crippen molar-refractivity contribution in [3.63, 3.8) is 0 Å². The quantitative estimate of drug-likeness (QED) is 0.751. The van der Waals surface area contributed by atoms with Crippen LogP contribution in [-0.2, 0) is 6.54 Å². The average Bonchev–Trinajstić information content (AvgIpc) is 2.74. The van der Waals surface area contributed by atoms with E-state index in [1.54, 1.807) is 24.9 Å². The fourth-order valence-corrected chi connectivity index (χ4v) is 1.15. The third kappa shape index (κ3) is 2.67. The molecule has 0 unspecified atom stereocenters. The van der Waals surface area contributed by atoms with E-state index in [2.05, 4.69) is 20.3 Å². The molecule has 6 heteroatoms. The molecule has 0 radical (unpaired) electrons. The number of nitrogens with zero attached hydrogens (tertiary/aromatic N) is 4. The van der Waals surface area contributed by atoms with Crippen molar-refractivity contribution < 1.29 is 0 Å². The maximum Gasteiger partial charge on any atom is 0.222 e. The monoisotopic (exact) mass is 204 g/mol. The van der Waals surface area contributed by atoms with Crippen LogP contribution >= 0.6 is 0 Å². The molecular formula is C9H12N6. The maximum absolute atomic E-state index is 5.47. The molecule has 0 fully saturated rings. The van der Waals surface area contributed by atoms with E-state index in [9.17, 15) is 0 Å². The number of hydrogen-bond donors (Lipinski definition) is 2. The maximum atomic E-state index is 5.47. The minimum absolute atomic E-state index is 0.565. The molecule has 0 aliphatic carbocycles. The van der Waals surface area contributed by atoms with Gasteiger partial charge in [-0.15, -0.1) is 0 Å². The van der Waals surface area contributed by atoms with Crippen LogP contribution in [0.4, 0.5) is 11.6 Å². The number of nitrogens with one attached hydrogen (secondary N) is 1. The molecule has 15 heavy (non-hydrogen) atoms. The molecule has 2 aromatic heterocycles. The Balaban J connectivity index is 1.81. The number of nitrogen functional groups attached to an aromatic ring is 1. The van der Waals surface area contributed by atoms with Gasteiger partial charge in [-0.1, -0.05) is 0 Å². The number of imidazole rings is 1. The molecule has 0 amide bonds. The first-order chi connectivity index (χ1) is 7.34. The predicted molar refractivity (Wildman–Crippen MR) is 57.2 cm³/mol. The minimum atomic E-state index is 0.565. The van der Waals surface area contributed by atoms with Gasteiger partial charge in [0.05, 0.1) is 24.4 Å². The van der Waals surface area contributed by atoms with Crippen LogP contribution in [0.15, 0.2) is 31.1 Å². The first-order valence-electron chi connectivity index (χ1n) is 4.62. The normalized spacial score (nSPS) is 10.1. The largest absolute Gasteiger partial charge is 0.396 e. The molecule has 78 valence electrons. The van der Waals surface area contributed by atoms with Crippen molar-refractivity contribution in [1.29, 1.82) is 0 Å². The highest BCUT2D eigenvalue weighted by Gasteiger charge is 1.94. The summed E-state index contributed by atoms with van der Waals surface area (Å²) >= 11 is 0. The first kappa shape index (κ1) is 9.45. The van der Waals surface area contributed by atoms with Crippen LogP contribution in [-0.4, -0.2) is 26.1 Å². The van der Waals surface area contributed by atoms with Gasteiger partial charge in [0.25, 0.3) is 0 Å². The van der Waals surface area contributed by atoms with Gasteiger partial charge in [0.1, 0.15) is 0 Å². The zero-order chi connectivity index (χ0) is 10.5. The van der Waals surface area contributed by atoms with Crippen molar-refractivity contribution in [3.05, 3.63) is 31.1 Å². The summed E-state index contributed by atoms with van der Waals surface area (Å²) in [6.07, 6.45) is 8.58. The van der Waals surface area contributed by atoms with Crippen LogP contribution in [0.5, 0.6) is 0 Å². The summed E-state index contributed by atoms with van der Waals surface area (Å²) in [5, 5.41) is 3.08. The number of anilines is 2. The molecule has 0 aliphatic rings. The molecule has 2 rings (SSSR count). The van der Waals surface area contributed by atoms with E-state index in [4.69, 9.17) is 5.73 Å². The third-order valence-electron chi connectivity index (χ3n) is 1.88. The Bertz CT molecular complexity index is 393. The van der Waals surface area contributed by atoms with Crippen molar-refractivity contribution in [2.24, 2.45) is 0 Å². The van der Waals surface area contributed by atoms with Crippen molar-refractivity contribution >= 4 is 11.6 Å². The van der Waals surface area contributed by atoms with Gasteiger partial charge in [0, 0.05) is 25.5 Å². The number of nitrogens with two attached hydrogens (primary N) is 1. The average molecular weight is 204 g/mol. The van der Waals surface area contributed by atoms with Gasteiger partial charge in [-0.25, -0.2) is 15.0 Å². The van der Waals surface area contributed by atoms with Gasteiger partial charge >= 0.3 is 0 Å². The Labute approximate surface area is 87.2 Å². The van der Waals surface area contributed by atoms with E-state index in [0.29, 0.717) is 11.6 Å². The van der Waals surface area contributed by atoms with Gasteiger partial charge in [-0.3, -0.25) is 0 Å². The molecule has 2 aromatic rings. The Kier molecular flexibility index (Phi) is 2.77. The van der Waals surface area contributed by atoms with Crippen LogP contribution in [0, 0.1) is 0 Å². The molecule has 2 heterocycles. The number of hydrogen-bond acceptors (Lipinski definition) is 5. The van der Waals surface area contributed by atoms with E-state index < -0.39 is 0 Å². The summed E-state index contributed by atoms with van der Waals surface area (Å²) in [5.74, 6) is 0.587. The smallest absolute Gasteiger partial charge is 0.222 e. The molecule has 3 N–H and O–H groups in total. The topological polar surface area (TPSA) is 81.6 Å². The SMILES string of the molecule is Nc1cnc(NCCn2ccnc2)nc1. The lowest BCUT2D eigenvalue weighted by Crippen LogP contribution is -2.11. The Morgan fingerprint density at radius 1 is 1.33 bits per heavy atom. The Morgan fingerprint density at radius 3 is 2.80 bits per heavy atom. The summed E-state index contributed by atoms with van der Waals surface area (Å²) in [6, 6.07) is 0. The molecule has 0 bridgehead atoms. The summed E-state index contributed by atoms with van der Waals surface area (Å²) in [5.41, 5.74) is 6.03. The lowest BCUT2D eigenvalue weighted by atomic mass is 10.5. The fraction of sp³-hybridized carbons (Fsp3) is 0.222. The summed E-state index contributed by atoms with van der Waals surface area (Å²) in [7, 11) is 0. The van der Waals surface area contributed by atoms with Crippen LogP contribution in [0.1, 0.15) is 0 Å². The molecule has 6 nitrogen and oxygen atoms in total. The molecule has 0 saturated carbocycles. The lowest BCUT2D eigenvalue weighted by Gasteiger charge is -2.04. The van der Waals surface area contributed by atoms with Crippen molar-refractivity contribution in [3.8, 4) is 0 Å². The third-order valence-corrected chi connectivity index (χ3v) is 1.88. The minimum Gasteiger partial charge on any atom is -0.396 e. The Hall–Kier alpha value is -2.11. The number of rotatable bonds is 4. The molecule has 0 aliphatic heterocycles. The zero-order valence-electron chi connectivity index (χ0n) is 8.17. The highest BCUT2D eigenvalue weighted by atomic mass is 15.1. The van der Waals surface area contributed by atoms with Gasteiger partial charge in [-0.05, 0) is 0 Å². The second kappa shape index (κ2) is 4.41. The van der Waals surface area contributed by atoms with Gasteiger partial charge < -0.3 is 15.6 Å².